The minimum absolute atomic E-state index is 0.0774. The smallest absolute Gasteiger partial charge is 0.246 e. The Kier molecular flexibility index (Phi) is 6.37. The summed E-state index contributed by atoms with van der Waals surface area (Å²) in [4.78, 5) is 16.4. The molecule has 1 aliphatic heterocycles. The highest BCUT2D eigenvalue weighted by Gasteiger charge is 2.34. The number of amides is 1. The van der Waals surface area contributed by atoms with Crippen LogP contribution in [-0.2, 0) is 21.4 Å². The minimum Gasteiger partial charge on any atom is -0.350 e. The molecule has 1 aromatic carbocycles. The Balaban J connectivity index is 1.60. The molecule has 0 aliphatic carbocycles. The molecule has 27 heavy (non-hydrogen) atoms. The molecule has 2 aromatic rings. The number of benzene rings is 1. The van der Waals surface area contributed by atoms with E-state index in [1.165, 1.54) is 16.4 Å². The van der Waals surface area contributed by atoms with Gasteiger partial charge >= 0.3 is 0 Å². The van der Waals surface area contributed by atoms with Crippen LogP contribution in [0.1, 0.15) is 18.5 Å². The third-order valence-electron chi connectivity index (χ3n) is 4.51. The van der Waals surface area contributed by atoms with Crippen molar-refractivity contribution >= 4 is 39.1 Å². The summed E-state index contributed by atoms with van der Waals surface area (Å²) in [6.45, 7) is 0.838. The third-order valence-corrected chi connectivity index (χ3v) is 7.37. The van der Waals surface area contributed by atoms with Gasteiger partial charge in [-0.25, -0.2) is 8.42 Å². The predicted molar refractivity (Wildman–Crippen MR) is 104 cm³/mol. The molecule has 1 amide bonds. The van der Waals surface area contributed by atoms with Crippen molar-refractivity contribution in [1.29, 1.82) is 0 Å². The predicted octanol–water partition coefficient (Wildman–Crippen LogP) is 3.11. The molecule has 0 saturated carbocycles. The summed E-state index contributed by atoms with van der Waals surface area (Å²) < 4.78 is 27.1. The molecule has 1 fully saturated rings. The van der Waals surface area contributed by atoms with Crippen molar-refractivity contribution in [3.05, 3.63) is 58.3 Å². The summed E-state index contributed by atoms with van der Waals surface area (Å²) in [6, 6.07) is 10.1. The number of halogens is 2. The summed E-state index contributed by atoms with van der Waals surface area (Å²) in [5.74, 6) is -0.324. The fourth-order valence-electron chi connectivity index (χ4n) is 3.04. The van der Waals surface area contributed by atoms with Crippen LogP contribution in [0.4, 0.5) is 0 Å². The van der Waals surface area contributed by atoms with Crippen molar-refractivity contribution in [1.82, 2.24) is 14.6 Å². The van der Waals surface area contributed by atoms with Gasteiger partial charge in [-0.1, -0.05) is 35.3 Å². The molecule has 1 N–H and O–H groups in total. The number of hydrogen-bond donors (Lipinski definition) is 1. The zero-order chi connectivity index (χ0) is 19.4. The molecule has 0 atom stereocenters. The molecule has 9 heteroatoms. The molecular weight excluding hydrogens is 409 g/mol. The number of carbonyl (C=O) groups is 1. The maximum atomic E-state index is 12.9. The van der Waals surface area contributed by atoms with Gasteiger partial charge in [0, 0.05) is 25.2 Å². The maximum Gasteiger partial charge on any atom is 0.246 e. The lowest BCUT2D eigenvalue weighted by Crippen LogP contribution is -2.43. The van der Waals surface area contributed by atoms with Gasteiger partial charge in [0.1, 0.15) is 4.90 Å². The standard InChI is InChI=1S/C18H19Cl2N3O3S/c19-15-5-3-6-16(20)17(15)27(25,26)23-10-7-13(8-11-23)18(24)22-12-14-4-1-2-9-21-14/h1-6,9,13H,7-8,10-12H2,(H,22,24). The van der Waals surface area contributed by atoms with Crippen LogP contribution in [0.5, 0.6) is 0 Å². The van der Waals surface area contributed by atoms with E-state index in [0.717, 1.165) is 5.69 Å². The van der Waals surface area contributed by atoms with Crippen LogP contribution < -0.4 is 5.32 Å². The Labute approximate surface area is 168 Å². The van der Waals surface area contributed by atoms with Crippen molar-refractivity contribution in [3.63, 3.8) is 0 Å². The monoisotopic (exact) mass is 427 g/mol. The molecule has 6 nitrogen and oxygen atoms in total. The second-order valence-electron chi connectivity index (χ2n) is 6.27. The van der Waals surface area contributed by atoms with Gasteiger partial charge in [-0.05, 0) is 37.1 Å². The molecule has 0 unspecified atom stereocenters. The fourth-order valence-corrected chi connectivity index (χ4v) is 5.60. The van der Waals surface area contributed by atoms with Crippen LogP contribution in [0.25, 0.3) is 0 Å². The van der Waals surface area contributed by atoms with E-state index < -0.39 is 10.0 Å². The highest BCUT2D eigenvalue weighted by molar-refractivity contribution is 7.89. The van der Waals surface area contributed by atoms with Gasteiger partial charge < -0.3 is 5.32 Å². The van der Waals surface area contributed by atoms with Gasteiger partial charge in [0.15, 0.2) is 0 Å². The minimum atomic E-state index is -3.80. The molecule has 2 heterocycles. The number of nitrogens with zero attached hydrogens (tertiary/aromatic N) is 2. The van der Waals surface area contributed by atoms with Crippen LogP contribution in [0.3, 0.4) is 0 Å². The van der Waals surface area contributed by atoms with Gasteiger partial charge in [0.05, 0.1) is 22.3 Å². The summed E-state index contributed by atoms with van der Waals surface area (Å²) in [5, 5.41) is 3.05. The molecule has 0 radical (unpaired) electrons. The zero-order valence-electron chi connectivity index (χ0n) is 14.4. The number of nitrogens with one attached hydrogen (secondary N) is 1. The summed E-state index contributed by atoms with van der Waals surface area (Å²) in [6.07, 6.45) is 2.55. The van der Waals surface area contributed by atoms with Crippen molar-refractivity contribution in [3.8, 4) is 0 Å². The van der Waals surface area contributed by atoms with Gasteiger partial charge in [-0.3, -0.25) is 9.78 Å². The first-order valence-electron chi connectivity index (χ1n) is 8.51. The second kappa shape index (κ2) is 8.56. The van der Waals surface area contributed by atoms with Crippen LogP contribution in [0.15, 0.2) is 47.5 Å². The van der Waals surface area contributed by atoms with E-state index >= 15 is 0 Å². The van der Waals surface area contributed by atoms with Crippen LogP contribution in [0, 0.1) is 5.92 Å². The number of carbonyl (C=O) groups excluding carboxylic acids is 1. The van der Waals surface area contributed by atoms with Crippen LogP contribution in [-0.4, -0.2) is 36.7 Å². The zero-order valence-corrected chi connectivity index (χ0v) is 16.8. The highest BCUT2D eigenvalue weighted by Crippen LogP contribution is 2.33. The van der Waals surface area contributed by atoms with E-state index in [4.69, 9.17) is 23.2 Å². The maximum absolute atomic E-state index is 12.9. The van der Waals surface area contributed by atoms with Crippen molar-refractivity contribution in [2.24, 2.45) is 5.92 Å². The second-order valence-corrected chi connectivity index (χ2v) is 8.96. The topological polar surface area (TPSA) is 79.4 Å². The Hall–Kier alpha value is -1.67. The summed E-state index contributed by atoms with van der Waals surface area (Å²) in [5.41, 5.74) is 0.777. The molecule has 0 bridgehead atoms. The molecule has 1 aromatic heterocycles. The molecule has 144 valence electrons. The number of hydrogen-bond acceptors (Lipinski definition) is 4. The lowest BCUT2D eigenvalue weighted by atomic mass is 9.97. The molecule has 3 rings (SSSR count). The van der Waals surface area contributed by atoms with E-state index in [1.807, 2.05) is 18.2 Å². The van der Waals surface area contributed by atoms with Crippen molar-refractivity contribution in [2.75, 3.05) is 13.1 Å². The number of pyridine rings is 1. The van der Waals surface area contributed by atoms with Crippen molar-refractivity contribution < 1.29 is 13.2 Å². The SMILES string of the molecule is O=C(NCc1ccccn1)C1CCN(S(=O)(=O)c2c(Cl)cccc2Cl)CC1. The van der Waals surface area contributed by atoms with Gasteiger partial charge in [0.25, 0.3) is 0 Å². The quantitative estimate of drug-likeness (QED) is 0.794. The first-order valence-corrected chi connectivity index (χ1v) is 10.7. The molecule has 1 aliphatic rings. The summed E-state index contributed by atoms with van der Waals surface area (Å²) in [7, 11) is -3.80. The van der Waals surface area contributed by atoms with Crippen LogP contribution in [0.2, 0.25) is 10.0 Å². The van der Waals surface area contributed by atoms with Crippen molar-refractivity contribution in [2.45, 2.75) is 24.3 Å². The number of rotatable bonds is 5. The van der Waals surface area contributed by atoms with E-state index in [1.54, 1.807) is 12.3 Å². The van der Waals surface area contributed by atoms with E-state index in [0.29, 0.717) is 19.4 Å². The number of piperidine rings is 1. The number of aromatic nitrogens is 1. The third kappa shape index (κ3) is 4.60. The largest absolute Gasteiger partial charge is 0.350 e. The fraction of sp³-hybridized carbons (Fsp3) is 0.333. The highest BCUT2D eigenvalue weighted by atomic mass is 35.5. The Bertz CT molecular complexity index is 894. The number of sulfonamides is 1. The van der Waals surface area contributed by atoms with E-state index in [-0.39, 0.29) is 39.9 Å². The molecule has 1 saturated heterocycles. The lowest BCUT2D eigenvalue weighted by molar-refractivity contribution is -0.126. The van der Waals surface area contributed by atoms with Gasteiger partial charge in [0.2, 0.25) is 15.9 Å². The van der Waals surface area contributed by atoms with Crippen LogP contribution >= 0.6 is 23.2 Å². The van der Waals surface area contributed by atoms with Gasteiger partial charge in [-0.15, -0.1) is 0 Å². The summed E-state index contributed by atoms with van der Waals surface area (Å²) >= 11 is 12.1. The first-order chi connectivity index (χ1) is 12.9. The normalized spacial score (nSPS) is 16.2. The van der Waals surface area contributed by atoms with E-state index in [9.17, 15) is 13.2 Å². The average Bonchev–Trinajstić information content (AvgIpc) is 2.67. The molecule has 0 spiro atoms. The lowest BCUT2D eigenvalue weighted by Gasteiger charge is -2.31. The first kappa shape index (κ1) is 20.1. The van der Waals surface area contributed by atoms with E-state index in [2.05, 4.69) is 10.3 Å². The average molecular weight is 428 g/mol. The van der Waals surface area contributed by atoms with Gasteiger partial charge in [-0.2, -0.15) is 4.31 Å². The molecular formula is C18H19Cl2N3O3S. The Morgan fingerprint density at radius 3 is 2.37 bits per heavy atom. The Morgan fingerprint density at radius 1 is 1.11 bits per heavy atom. The Morgan fingerprint density at radius 2 is 1.78 bits per heavy atom.